The highest BCUT2D eigenvalue weighted by Gasteiger charge is 2.41. The Bertz CT molecular complexity index is 869. The van der Waals surface area contributed by atoms with Crippen molar-refractivity contribution in [3.8, 4) is 0 Å². The summed E-state index contributed by atoms with van der Waals surface area (Å²) in [5, 5.41) is 4.08. The average Bonchev–Trinajstić information content (AvgIpc) is 2.81. The van der Waals surface area contributed by atoms with Crippen molar-refractivity contribution in [2.75, 3.05) is 32.7 Å². The van der Waals surface area contributed by atoms with Crippen LogP contribution in [0, 0.1) is 5.92 Å². The first-order valence-corrected chi connectivity index (χ1v) is 13.7. The van der Waals surface area contributed by atoms with Crippen molar-refractivity contribution < 1.29 is 9.59 Å². The molecule has 33 heavy (non-hydrogen) atoms. The lowest BCUT2D eigenvalue weighted by Crippen LogP contribution is -2.54. The second-order valence-corrected chi connectivity index (χ2v) is 11.4. The highest BCUT2D eigenvalue weighted by Crippen LogP contribution is 2.42. The minimum atomic E-state index is -0.0473. The number of nitrogens with zero attached hydrogens (tertiary/aromatic N) is 2. The molecule has 2 saturated heterocycles. The van der Waals surface area contributed by atoms with Crippen molar-refractivity contribution in [3.63, 3.8) is 0 Å². The molecule has 5 nitrogen and oxygen atoms in total. The van der Waals surface area contributed by atoms with Crippen LogP contribution in [-0.4, -0.2) is 65.6 Å². The van der Waals surface area contributed by atoms with Gasteiger partial charge in [0.05, 0.1) is 4.91 Å². The largest absolute Gasteiger partial charge is 0.355 e. The number of hydrogen-bond acceptors (Lipinski definition) is 4. The summed E-state index contributed by atoms with van der Waals surface area (Å²) in [5.41, 5.74) is 0.920. The standard InChI is InChI=1S/C26H36ClN3O2S/c1-19-10-14-29(15-11-19)13-5-12-28-25(31)18-30-22-8-2-3-9-23(22)33-24(26(30)32)17-20-6-4-7-21(27)16-20/h4,6-7,16-17,19,22-23H,2-3,5,8-15,18H2,1H3,(H,28,31)/b24-17+. The van der Waals surface area contributed by atoms with E-state index in [9.17, 15) is 9.59 Å². The van der Waals surface area contributed by atoms with Gasteiger partial charge in [-0.25, -0.2) is 0 Å². The molecule has 2 amide bonds. The van der Waals surface area contributed by atoms with Crippen molar-refractivity contribution >= 4 is 41.3 Å². The minimum Gasteiger partial charge on any atom is -0.355 e. The van der Waals surface area contributed by atoms with Crippen molar-refractivity contribution in [1.82, 2.24) is 15.1 Å². The van der Waals surface area contributed by atoms with Crippen LogP contribution in [0.3, 0.4) is 0 Å². The number of likely N-dealkylation sites (tertiary alicyclic amines) is 1. The molecule has 1 aliphatic carbocycles. The van der Waals surface area contributed by atoms with E-state index in [1.54, 1.807) is 11.8 Å². The van der Waals surface area contributed by atoms with Crippen LogP contribution >= 0.6 is 23.4 Å². The van der Waals surface area contributed by atoms with Crippen LogP contribution < -0.4 is 5.32 Å². The summed E-state index contributed by atoms with van der Waals surface area (Å²) >= 11 is 7.82. The van der Waals surface area contributed by atoms with Gasteiger partial charge in [-0.05, 0) is 81.4 Å². The van der Waals surface area contributed by atoms with E-state index in [0.29, 0.717) is 21.7 Å². The zero-order valence-electron chi connectivity index (χ0n) is 19.6. The van der Waals surface area contributed by atoms with Crippen LogP contribution in [0.1, 0.15) is 57.4 Å². The van der Waals surface area contributed by atoms with Crippen LogP contribution in [-0.2, 0) is 9.59 Å². The molecule has 1 aromatic rings. The SMILES string of the molecule is CC1CCN(CCCNC(=O)CN2C(=O)/C(=C\c3cccc(Cl)c3)SC3CCCCC32)CC1. The molecular formula is C26H36ClN3O2S. The lowest BCUT2D eigenvalue weighted by atomic mass is 9.93. The highest BCUT2D eigenvalue weighted by molar-refractivity contribution is 8.04. The molecule has 0 spiro atoms. The molecule has 0 radical (unpaired) electrons. The molecule has 0 aromatic heterocycles. The third-order valence-corrected chi connectivity index (χ3v) is 8.76. The topological polar surface area (TPSA) is 52.7 Å². The van der Waals surface area contributed by atoms with Gasteiger partial charge in [0.15, 0.2) is 0 Å². The summed E-state index contributed by atoms with van der Waals surface area (Å²) in [4.78, 5) is 31.2. The molecular weight excluding hydrogens is 454 g/mol. The quantitative estimate of drug-likeness (QED) is 0.441. The fourth-order valence-electron chi connectivity index (χ4n) is 5.14. The zero-order chi connectivity index (χ0) is 23.2. The van der Waals surface area contributed by atoms with Crippen LogP contribution in [0.15, 0.2) is 29.2 Å². The molecule has 3 aliphatic rings. The molecule has 2 heterocycles. The molecule has 3 fully saturated rings. The Morgan fingerprint density at radius 3 is 2.79 bits per heavy atom. The first-order chi connectivity index (χ1) is 16.0. The average molecular weight is 490 g/mol. The first-order valence-electron chi connectivity index (χ1n) is 12.4. The van der Waals surface area contributed by atoms with Crippen LogP contribution in [0.2, 0.25) is 5.02 Å². The zero-order valence-corrected chi connectivity index (χ0v) is 21.2. The smallest absolute Gasteiger partial charge is 0.261 e. The van der Waals surface area contributed by atoms with Gasteiger partial charge in [-0.1, -0.05) is 43.5 Å². The molecule has 2 atom stereocenters. The summed E-state index contributed by atoms with van der Waals surface area (Å²) in [7, 11) is 0. The van der Waals surface area contributed by atoms with Gasteiger partial charge in [0.1, 0.15) is 6.54 Å². The number of benzene rings is 1. The number of carbonyl (C=O) groups excluding carboxylic acids is 2. The van der Waals surface area contributed by atoms with Gasteiger partial charge < -0.3 is 15.1 Å². The number of thioether (sulfide) groups is 1. The summed E-state index contributed by atoms with van der Waals surface area (Å²) < 4.78 is 0. The first kappa shape index (κ1) is 24.6. The summed E-state index contributed by atoms with van der Waals surface area (Å²) in [6.07, 6.45) is 9.79. The number of nitrogens with one attached hydrogen (secondary N) is 1. The Balaban J connectivity index is 1.34. The van der Waals surface area contributed by atoms with E-state index >= 15 is 0 Å². The Hall–Kier alpha value is -1.50. The molecule has 7 heteroatoms. The lowest BCUT2D eigenvalue weighted by molar-refractivity contribution is -0.135. The van der Waals surface area contributed by atoms with E-state index in [1.807, 2.05) is 35.2 Å². The number of carbonyl (C=O) groups is 2. The molecule has 180 valence electrons. The second kappa shape index (κ2) is 11.8. The van der Waals surface area contributed by atoms with Gasteiger partial charge in [-0.2, -0.15) is 0 Å². The third-order valence-electron chi connectivity index (χ3n) is 7.13. The van der Waals surface area contributed by atoms with Crippen LogP contribution in [0.5, 0.6) is 0 Å². The maximum Gasteiger partial charge on any atom is 0.261 e. The molecule has 2 unspecified atom stereocenters. The molecule has 0 bridgehead atoms. The van der Waals surface area contributed by atoms with Crippen molar-refractivity contribution in [2.24, 2.45) is 5.92 Å². The third kappa shape index (κ3) is 6.77. The number of rotatable bonds is 7. The highest BCUT2D eigenvalue weighted by atomic mass is 35.5. The number of fused-ring (bicyclic) bond motifs is 1. The van der Waals surface area contributed by atoms with Crippen molar-refractivity contribution in [3.05, 3.63) is 39.8 Å². The maximum absolute atomic E-state index is 13.4. The number of amides is 2. The van der Waals surface area contributed by atoms with Crippen molar-refractivity contribution in [1.29, 1.82) is 0 Å². The number of hydrogen-bond donors (Lipinski definition) is 1. The monoisotopic (exact) mass is 489 g/mol. The Labute approximate surface area is 207 Å². The second-order valence-electron chi connectivity index (χ2n) is 9.73. The van der Waals surface area contributed by atoms with Gasteiger partial charge >= 0.3 is 0 Å². The van der Waals surface area contributed by atoms with Gasteiger partial charge in [0.25, 0.3) is 5.91 Å². The molecule has 1 N–H and O–H groups in total. The van der Waals surface area contributed by atoms with E-state index in [4.69, 9.17) is 11.6 Å². The van der Waals surface area contributed by atoms with Gasteiger partial charge in [-0.3, -0.25) is 9.59 Å². The van der Waals surface area contributed by atoms with Gasteiger partial charge in [-0.15, -0.1) is 11.8 Å². The Morgan fingerprint density at radius 2 is 2.00 bits per heavy atom. The summed E-state index contributed by atoms with van der Waals surface area (Å²) in [6.45, 7) is 6.50. The molecule has 1 saturated carbocycles. The normalized spacial score (nSPS) is 25.8. The van der Waals surface area contributed by atoms with E-state index in [1.165, 1.54) is 32.4 Å². The number of halogens is 1. The van der Waals surface area contributed by atoms with Crippen LogP contribution in [0.25, 0.3) is 6.08 Å². The number of piperidine rings is 1. The molecule has 2 aliphatic heterocycles. The maximum atomic E-state index is 13.4. The molecule has 4 rings (SSSR count). The van der Waals surface area contributed by atoms with E-state index in [2.05, 4.69) is 17.1 Å². The summed E-state index contributed by atoms with van der Waals surface area (Å²) in [5.74, 6) is 0.761. The predicted octanol–water partition coefficient (Wildman–Crippen LogP) is 4.81. The van der Waals surface area contributed by atoms with E-state index in [-0.39, 0.29) is 24.4 Å². The van der Waals surface area contributed by atoms with E-state index < -0.39 is 0 Å². The molecule has 1 aromatic carbocycles. The fourth-order valence-corrected chi connectivity index (χ4v) is 6.81. The fraction of sp³-hybridized carbons (Fsp3) is 0.615. The Kier molecular flexibility index (Phi) is 8.78. The lowest BCUT2D eigenvalue weighted by Gasteiger charge is -2.43. The van der Waals surface area contributed by atoms with E-state index in [0.717, 1.165) is 43.7 Å². The summed E-state index contributed by atoms with van der Waals surface area (Å²) in [6, 6.07) is 7.70. The van der Waals surface area contributed by atoms with Crippen LogP contribution in [0.4, 0.5) is 0 Å². The van der Waals surface area contributed by atoms with Gasteiger partial charge in [0.2, 0.25) is 5.91 Å². The Morgan fingerprint density at radius 1 is 1.21 bits per heavy atom. The van der Waals surface area contributed by atoms with Crippen molar-refractivity contribution in [2.45, 2.75) is 63.2 Å². The minimum absolute atomic E-state index is 0.0271. The van der Waals surface area contributed by atoms with Gasteiger partial charge in [0, 0.05) is 22.9 Å². The predicted molar refractivity (Wildman–Crippen MR) is 137 cm³/mol.